The van der Waals surface area contributed by atoms with E-state index in [2.05, 4.69) is 29.2 Å². The van der Waals surface area contributed by atoms with E-state index in [9.17, 15) is 9.59 Å². The van der Waals surface area contributed by atoms with Gasteiger partial charge in [0.1, 0.15) is 6.26 Å². The average Bonchev–Trinajstić information content (AvgIpc) is 3.33. The van der Waals surface area contributed by atoms with Crippen molar-refractivity contribution >= 4 is 11.8 Å². The molecule has 5 rings (SSSR count). The van der Waals surface area contributed by atoms with Gasteiger partial charge < -0.3 is 14.2 Å². The number of β-lactam (4-membered cyclic amide) rings is 1. The van der Waals surface area contributed by atoms with Crippen LogP contribution in [-0.2, 0) is 4.79 Å². The van der Waals surface area contributed by atoms with E-state index in [4.69, 9.17) is 4.42 Å². The molecule has 1 spiro atoms. The number of hydrogen-bond acceptors (Lipinski definition) is 3. The van der Waals surface area contributed by atoms with Gasteiger partial charge in [0, 0.05) is 19.1 Å². The van der Waals surface area contributed by atoms with Gasteiger partial charge >= 0.3 is 0 Å². The Morgan fingerprint density at radius 1 is 1.00 bits per heavy atom. The maximum Gasteiger partial charge on any atom is 0.257 e. The van der Waals surface area contributed by atoms with Crippen molar-refractivity contribution in [2.45, 2.75) is 57.0 Å². The highest BCUT2D eigenvalue weighted by Crippen LogP contribution is 2.59. The molecule has 1 aliphatic carbocycles. The fourth-order valence-electron chi connectivity index (χ4n) is 5.77. The topological polar surface area (TPSA) is 53.8 Å². The van der Waals surface area contributed by atoms with E-state index in [0.717, 1.165) is 38.5 Å². The predicted octanol–water partition coefficient (Wildman–Crippen LogP) is 4.42. The molecule has 1 atom stereocenters. The number of amides is 2. The van der Waals surface area contributed by atoms with Crippen LogP contribution in [0.1, 0.15) is 66.9 Å². The Kier molecular flexibility index (Phi) is 4.69. The van der Waals surface area contributed by atoms with Crippen LogP contribution in [0, 0.1) is 5.41 Å². The zero-order valence-electron chi connectivity index (χ0n) is 16.8. The Hall–Kier alpha value is -2.56. The third-order valence-electron chi connectivity index (χ3n) is 7.24. The van der Waals surface area contributed by atoms with Crippen molar-refractivity contribution in [1.82, 2.24) is 9.80 Å². The van der Waals surface area contributed by atoms with Crippen LogP contribution < -0.4 is 0 Å². The molecule has 1 aromatic carbocycles. The van der Waals surface area contributed by atoms with Gasteiger partial charge in [-0.3, -0.25) is 9.59 Å². The van der Waals surface area contributed by atoms with Gasteiger partial charge in [0.05, 0.1) is 23.3 Å². The average molecular weight is 392 g/mol. The summed E-state index contributed by atoms with van der Waals surface area (Å²) < 4.78 is 5.05. The van der Waals surface area contributed by atoms with Crippen molar-refractivity contribution in [3.05, 3.63) is 60.1 Å². The first-order chi connectivity index (χ1) is 14.2. The van der Waals surface area contributed by atoms with Gasteiger partial charge in [-0.25, -0.2) is 0 Å². The second-order valence-electron chi connectivity index (χ2n) is 8.78. The van der Waals surface area contributed by atoms with E-state index >= 15 is 0 Å². The van der Waals surface area contributed by atoms with Gasteiger partial charge in [-0.05, 0) is 37.3 Å². The Balaban J connectivity index is 1.34. The van der Waals surface area contributed by atoms with E-state index in [1.54, 1.807) is 6.07 Å². The van der Waals surface area contributed by atoms with Crippen LogP contribution in [0.5, 0.6) is 0 Å². The molecule has 152 valence electrons. The molecule has 3 fully saturated rings. The minimum Gasteiger partial charge on any atom is -0.472 e. The van der Waals surface area contributed by atoms with Gasteiger partial charge in [0.25, 0.3) is 5.91 Å². The molecule has 0 bridgehead atoms. The minimum absolute atomic E-state index is 0.0236. The lowest BCUT2D eigenvalue weighted by atomic mass is 9.59. The molecule has 1 aromatic heterocycles. The van der Waals surface area contributed by atoms with Crippen LogP contribution in [0.4, 0.5) is 0 Å². The van der Waals surface area contributed by atoms with Crippen LogP contribution in [0.2, 0.25) is 0 Å². The number of hydrogen-bond donors (Lipinski definition) is 0. The summed E-state index contributed by atoms with van der Waals surface area (Å²) in [6, 6.07) is 12.7. The molecule has 2 aromatic rings. The van der Waals surface area contributed by atoms with Crippen molar-refractivity contribution < 1.29 is 14.0 Å². The molecule has 3 heterocycles. The number of rotatable bonds is 3. The highest BCUT2D eigenvalue weighted by molar-refractivity contribution is 5.94. The molecule has 1 unspecified atom stereocenters. The van der Waals surface area contributed by atoms with Crippen molar-refractivity contribution in [3.8, 4) is 0 Å². The Labute approximate surface area is 171 Å². The largest absolute Gasteiger partial charge is 0.472 e. The molecule has 5 nitrogen and oxygen atoms in total. The Bertz CT molecular complexity index is 863. The van der Waals surface area contributed by atoms with Crippen molar-refractivity contribution in [1.29, 1.82) is 0 Å². The molecular weight excluding hydrogens is 364 g/mol. The quantitative estimate of drug-likeness (QED) is 0.727. The van der Waals surface area contributed by atoms with Crippen molar-refractivity contribution in [2.24, 2.45) is 5.41 Å². The molecule has 29 heavy (non-hydrogen) atoms. The van der Waals surface area contributed by atoms with Crippen LogP contribution in [0.25, 0.3) is 0 Å². The number of piperidine rings is 1. The second kappa shape index (κ2) is 7.36. The zero-order valence-corrected chi connectivity index (χ0v) is 16.8. The van der Waals surface area contributed by atoms with Crippen LogP contribution in [0.15, 0.2) is 53.3 Å². The maximum absolute atomic E-state index is 13.5. The lowest BCUT2D eigenvalue weighted by molar-refractivity contribution is -0.186. The van der Waals surface area contributed by atoms with E-state index in [-0.39, 0.29) is 23.4 Å². The molecule has 1 saturated carbocycles. The summed E-state index contributed by atoms with van der Waals surface area (Å²) in [6.07, 6.45) is 10.3. The van der Waals surface area contributed by atoms with E-state index in [1.807, 2.05) is 11.0 Å². The summed E-state index contributed by atoms with van der Waals surface area (Å²) in [6.45, 7) is 1.37. The lowest BCUT2D eigenvalue weighted by Crippen LogP contribution is -2.67. The molecule has 2 amide bonds. The van der Waals surface area contributed by atoms with Crippen LogP contribution >= 0.6 is 0 Å². The fraction of sp³-hybridized carbons (Fsp3) is 0.500. The molecule has 2 aliphatic heterocycles. The fourth-order valence-corrected chi connectivity index (χ4v) is 5.77. The summed E-state index contributed by atoms with van der Waals surface area (Å²) in [5, 5.41) is 0. The van der Waals surface area contributed by atoms with Gasteiger partial charge in [0.15, 0.2) is 0 Å². The zero-order chi connectivity index (χ0) is 19.8. The number of nitrogens with zero attached hydrogens (tertiary/aromatic N) is 2. The number of benzene rings is 1. The molecular formula is C24H28N2O3. The highest BCUT2D eigenvalue weighted by atomic mass is 16.3. The van der Waals surface area contributed by atoms with Crippen molar-refractivity contribution in [2.75, 3.05) is 13.1 Å². The van der Waals surface area contributed by atoms with Gasteiger partial charge in [-0.15, -0.1) is 0 Å². The van der Waals surface area contributed by atoms with Crippen LogP contribution in [0.3, 0.4) is 0 Å². The third kappa shape index (κ3) is 2.98. The first kappa shape index (κ1) is 18.5. The summed E-state index contributed by atoms with van der Waals surface area (Å²) in [5.41, 5.74) is 1.68. The van der Waals surface area contributed by atoms with Gasteiger partial charge in [-0.1, -0.05) is 49.6 Å². The van der Waals surface area contributed by atoms with Crippen LogP contribution in [-0.4, -0.2) is 40.7 Å². The first-order valence-corrected chi connectivity index (χ1v) is 10.9. The van der Waals surface area contributed by atoms with Gasteiger partial charge in [0.2, 0.25) is 5.91 Å². The first-order valence-electron chi connectivity index (χ1n) is 10.9. The predicted molar refractivity (Wildman–Crippen MR) is 109 cm³/mol. The molecule has 0 radical (unpaired) electrons. The minimum atomic E-state index is -0.191. The summed E-state index contributed by atoms with van der Waals surface area (Å²) >= 11 is 0. The highest BCUT2D eigenvalue weighted by Gasteiger charge is 2.62. The smallest absolute Gasteiger partial charge is 0.257 e. The Morgan fingerprint density at radius 2 is 1.72 bits per heavy atom. The number of carbonyl (C=O) groups is 2. The number of furan rings is 1. The molecule has 5 heteroatoms. The standard InChI is InChI=1S/C24H28N2O3/c27-22(19-11-16-29-17-19)25-14-9-20(10-15-25)26-21(18-7-3-1-4-8-18)24(23(26)28)12-5-2-6-13-24/h1,3-4,7-8,11,16-17,20-21H,2,5-6,9-10,12-15H2. The molecule has 2 saturated heterocycles. The molecule has 3 aliphatic rings. The van der Waals surface area contributed by atoms with Gasteiger partial charge in [-0.2, -0.15) is 0 Å². The second-order valence-corrected chi connectivity index (χ2v) is 8.78. The SMILES string of the molecule is O=C(c1ccoc1)N1CCC(N2C(=O)C3(CCCCC3)C2c2ccccc2)CC1. The van der Waals surface area contributed by atoms with Crippen molar-refractivity contribution in [3.63, 3.8) is 0 Å². The lowest BCUT2D eigenvalue weighted by Gasteiger charge is -2.61. The summed E-state index contributed by atoms with van der Waals surface area (Å²) in [5.74, 6) is 0.376. The normalized spacial score (nSPS) is 24.6. The Morgan fingerprint density at radius 3 is 2.38 bits per heavy atom. The summed E-state index contributed by atoms with van der Waals surface area (Å²) in [7, 11) is 0. The number of likely N-dealkylation sites (tertiary alicyclic amines) is 2. The molecule has 0 N–H and O–H groups in total. The number of carbonyl (C=O) groups excluding carboxylic acids is 2. The van der Waals surface area contributed by atoms with E-state index in [1.165, 1.54) is 24.5 Å². The third-order valence-corrected chi connectivity index (χ3v) is 7.24. The summed E-state index contributed by atoms with van der Waals surface area (Å²) in [4.78, 5) is 30.1. The van der Waals surface area contributed by atoms with E-state index < -0.39 is 0 Å². The monoisotopic (exact) mass is 392 g/mol. The maximum atomic E-state index is 13.5. The van der Waals surface area contributed by atoms with E-state index in [0.29, 0.717) is 24.6 Å².